The molecule has 1 aromatic carbocycles. The van der Waals surface area contributed by atoms with E-state index in [0.29, 0.717) is 18.5 Å². The number of amides is 1. The standard InChI is InChI=1S/C15H15N3O2/c1-2-7-20-15(19)17-6-5-11-3-4-14-13(8-11)12(9-16)10-18-14/h2-4,8,10,18H,1,5-7H2,(H,17,19). The number of ether oxygens (including phenoxy) is 1. The fourth-order valence-electron chi connectivity index (χ4n) is 1.91. The van der Waals surface area contributed by atoms with Crippen LogP contribution < -0.4 is 5.32 Å². The number of nitrogens with one attached hydrogen (secondary N) is 2. The maximum Gasteiger partial charge on any atom is 0.407 e. The Balaban J connectivity index is 1.95. The number of aromatic nitrogens is 1. The van der Waals surface area contributed by atoms with Crippen molar-refractivity contribution in [1.82, 2.24) is 10.3 Å². The number of hydrogen-bond acceptors (Lipinski definition) is 3. The van der Waals surface area contributed by atoms with Crippen molar-refractivity contribution in [3.63, 3.8) is 0 Å². The third-order valence-electron chi connectivity index (χ3n) is 2.88. The number of nitrogens with zero attached hydrogens (tertiary/aromatic N) is 1. The molecule has 0 aliphatic heterocycles. The van der Waals surface area contributed by atoms with Gasteiger partial charge in [0.1, 0.15) is 12.7 Å². The minimum atomic E-state index is -0.453. The van der Waals surface area contributed by atoms with Crippen LogP contribution in [0.4, 0.5) is 4.79 Å². The molecule has 0 radical (unpaired) electrons. The highest BCUT2D eigenvalue weighted by Crippen LogP contribution is 2.19. The quantitative estimate of drug-likeness (QED) is 0.818. The first-order valence-electron chi connectivity index (χ1n) is 6.26. The highest BCUT2D eigenvalue weighted by molar-refractivity contribution is 5.86. The zero-order valence-corrected chi connectivity index (χ0v) is 11.0. The molecule has 0 aliphatic rings. The Labute approximate surface area is 116 Å². The molecule has 5 nitrogen and oxygen atoms in total. The molecular formula is C15H15N3O2. The van der Waals surface area contributed by atoms with Gasteiger partial charge in [-0.2, -0.15) is 5.26 Å². The Morgan fingerprint density at radius 2 is 2.40 bits per heavy atom. The molecule has 0 saturated carbocycles. The van der Waals surface area contributed by atoms with Crippen molar-refractivity contribution in [1.29, 1.82) is 5.26 Å². The maximum absolute atomic E-state index is 11.2. The van der Waals surface area contributed by atoms with Crippen molar-refractivity contribution in [2.45, 2.75) is 6.42 Å². The molecule has 1 heterocycles. The second kappa shape index (κ2) is 6.43. The number of carbonyl (C=O) groups is 1. The van der Waals surface area contributed by atoms with E-state index in [1.54, 1.807) is 6.20 Å². The lowest BCUT2D eigenvalue weighted by Gasteiger charge is -2.05. The van der Waals surface area contributed by atoms with Gasteiger partial charge in [0.15, 0.2) is 0 Å². The zero-order chi connectivity index (χ0) is 14.4. The summed E-state index contributed by atoms with van der Waals surface area (Å²) >= 11 is 0. The summed E-state index contributed by atoms with van der Waals surface area (Å²) in [5.74, 6) is 0. The SMILES string of the molecule is C=CCOC(=O)NCCc1ccc2[nH]cc(C#N)c2c1. The van der Waals surface area contributed by atoms with Crippen LogP contribution in [0.1, 0.15) is 11.1 Å². The molecule has 2 rings (SSSR count). The normalized spacial score (nSPS) is 9.95. The van der Waals surface area contributed by atoms with Gasteiger partial charge in [-0.15, -0.1) is 0 Å². The Bertz CT molecular complexity index is 667. The first kappa shape index (κ1) is 13.7. The lowest BCUT2D eigenvalue weighted by Crippen LogP contribution is -2.26. The highest BCUT2D eigenvalue weighted by atomic mass is 16.5. The Morgan fingerprint density at radius 1 is 1.55 bits per heavy atom. The first-order chi connectivity index (χ1) is 9.74. The molecule has 0 aliphatic carbocycles. The number of hydrogen-bond donors (Lipinski definition) is 2. The summed E-state index contributed by atoms with van der Waals surface area (Å²) < 4.78 is 4.81. The Hall–Kier alpha value is -2.74. The van der Waals surface area contributed by atoms with E-state index in [-0.39, 0.29) is 6.61 Å². The number of fused-ring (bicyclic) bond motifs is 1. The summed E-state index contributed by atoms with van der Waals surface area (Å²) in [4.78, 5) is 14.3. The van der Waals surface area contributed by atoms with Gasteiger partial charge in [0, 0.05) is 23.6 Å². The minimum absolute atomic E-state index is 0.201. The number of benzene rings is 1. The van der Waals surface area contributed by atoms with Crippen LogP contribution in [0.3, 0.4) is 0 Å². The third kappa shape index (κ3) is 3.18. The summed E-state index contributed by atoms with van der Waals surface area (Å²) in [5.41, 5.74) is 2.61. The van der Waals surface area contributed by atoms with Crippen LogP contribution in [-0.2, 0) is 11.2 Å². The molecule has 0 fully saturated rings. The monoisotopic (exact) mass is 269 g/mol. The largest absolute Gasteiger partial charge is 0.445 e. The molecule has 0 unspecified atom stereocenters. The van der Waals surface area contributed by atoms with Crippen LogP contribution in [0, 0.1) is 11.3 Å². The number of H-pyrrole nitrogens is 1. The minimum Gasteiger partial charge on any atom is -0.445 e. The third-order valence-corrected chi connectivity index (χ3v) is 2.88. The van der Waals surface area contributed by atoms with Crippen molar-refractivity contribution in [3.8, 4) is 6.07 Å². The topological polar surface area (TPSA) is 77.9 Å². The zero-order valence-electron chi connectivity index (χ0n) is 11.0. The molecule has 0 atom stereocenters. The van der Waals surface area contributed by atoms with Gasteiger partial charge in [-0.3, -0.25) is 0 Å². The van der Waals surface area contributed by atoms with E-state index in [4.69, 9.17) is 10.00 Å². The predicted molar refractivity (Wildman–Crippen MR) is 76.3 cm³/mol. The molecule has 0 saturated heterocycles. The lowest BCUT2D eigenvalue weighted by molar-refractivity contribution is 0.158. The molecule has 1 aromatic heterocycles. The molecule has 2 aromatic rings. The Kier molecular flexibility index (Phi) is 4.40. The van der Waals surface area contributed by atoms with Crippen molar-refractivity contribution < 1.29 is 9.53 Å². The van der Waals surface area contributed by atoms with E-state index < -0.39 is 6.09 Å². The van der Waals surface area contributed by atoms with Crippen LogP contribution in [0.2, 0.25) is 0 Å². The van der Waals surface area contributed by atoms with Crippen LogP contribution >= 0.6 is 0 Å². The summed E-state index contributed by atoms with van der Waals surface area (Å²) in [7, 11) is 0. The van der Waals surface area contributed by atoms with Gasteiger partial charge in [0.25, 0.3) is 0 Å². The van der Waals surface area contributed by atoms with E-state index in [1.807, 2.05) is 18.2 Å². The van der Waals surface area contributed by atoms with Gasteiger partial charge >= 0.3 is 6.09 Å². The van der Waals surface area contributed by atoms with Crippen molar-refractivity contribution in [3.05, 3.63) is 48.2 Å². The van der Waals surface area contributed by atoms with E-state index in [1.165, 1.54) is 6.08 Å². The van der Waals surface area contributed by atoms with E-state index >= 15 is 0 Å². The van der Waals surface area contributed by atoms with Crippen LogP contribution in [0.15, 0.2) is 37.1 Å². The van der Waals surface area contributed by atoms with Crippen molar-refractivity contribution in [2.24, 2.45) is 0 Å². The number of aromatic amines is 1. The van der Waals surface area contributed by atoms with Crippen LogP contribution in [-0.4, -0.2) is 24.2 Å². The summed E-state index contributed by atoms with van der Waals surface area (Å²) in [6.07, 6.45) is 3.43. The van der Waals surface area contributed by atoms with Gasteiger partial charge in [0.2, 0.25) is 0 Å². The van der Waals surface area contributed by atoms with E-state index in [9.17, 15) is 4.79 Å². The van der Waals surface area contributed by atoms with Gasteiger partial charge in [-0.05, 0) is 24.1 Å². The maximum atomic E-state index is 11.2. The molecule has 0 bridgehead atoms. The molecular weight excluding hydrogens is 254 g/mol. The second-order valence-electron chi connectivity index (χ2n) is 4.26. The van der Waals surface area contributed by atoms with Crippen LogP contribution in [0.25, 0.3) is 10.9 Å². The Morgan fingerprint density at radius 3 is 3.15 bits per heavy atom. The smallest absolute Gasteiger partial charge is 0.407 e. The molecule has 2 N–H and O–H groups in total. The van der Waals surface area contributed by atoms with Gasteiger partial charge in [-0.25, -0.2) is 4.79 Å². The molecule has 20 heavy (non-hydrogen) atoms. The lowest BCUT2D eigenvalue weighted by atomic mass is 10.1. The fourth-order valence-corrected chi connectivity index (χ4v) is 1.91. The van der Waals surface area contributed by atoms with Gasteiger partial charge in [-0.1, -0.05) is 18.7 Å². The summed E-state index contributed by atoms with van der Waals surface area (Å²) in [6.45, 7) is 4.15. The number of carbonyl (C=O) groups excluding carboxylic acids is 1. The van der Waals surface area contributed by atoms with Crippen LogP contribution in [0.5, 0.6) is 0 Å². The molecule has 1 amide bonds. The fraction of sp³-hybridized carbons (Fsp3) is 0.200. The second-order valence-corrected chi connectivity index (χ2v) is 4.26. The van der Waals surface area contributed by atoms with Gasteiger partial charge in [0.05, 0.1) is 5.56 Å². The number of nitriles is 1. The summed E-state index contributed by atoms with van der Waals surface area (Å²) in [5, 5.41) is 12.6. The molecule has 5 heteroatoms. The van der Waals surface area contributed by atoms with E-state index in [0.717, 1.165) is 16.5 Å². The first-order valence-corrected chi connectivity index (χ1v) is 6.26. The number of rotatable bonds is 5. The van der Waals surface area contributed by atoms with E-state index in [2.05, 4.69) is 22.9 Å². The highest BCUT2D eigenvalue weighted by Gasteiger charge is 2.05. The molecule has 0 spiro atoms. The average Bonchev–Trinajstić information content (AvgIpc) is 2.87. The number of alkyl carbamates (subject to hydrolysis) is 1. The molecule has 102 valence electrons. The average molecular weight is 269 g/mol. The predicted octanol–water partition coefficient (Wildman–Crippen LogP) is 2.49. The van der Waals surface area contributed by atoms with Gasteiger partial charge < -0.3 is 15.0 Å². The van der Waals surface area contributed by atoms with Crippen molar-refractivity contribution in [2.75, 3.05) is 13.2 Å². The summed E-state index contributed by atoms with van der Waals surface area (Å²) in [6, 6.07) is 8.00. The van der Waals surface area contributed by atoms with Crippen molar-refractivity contribution >= 4 is 17.0 Å².